The molecule has 0 fully saturated rings. The van der Waals surface area contributed by atoms with Crippen molar-refractivity contribution in [3.63, 3.8) is 0 Å². The van der Waals surface area contributed by atoms with Crippen molar-refractivity contribution in [1.82, 2.24) is 5.16 Å². The van der Waals surface area contributed by atoms with Crippen molar-refractivity contribution in [2.24, 2.45) is 0 Å². The molecule has 4 nitrogen and oxygen atoms in total. The zero-order valence-electron chi connectivity index (χ0n) is 8.40. The number of nitrogen functional groups attached to an aromatic ring is 1. The summed E-state index contributed by atoms with van der Waals surface area (Å²) in [5, 5.41) is 13.1. The van der Waals surface area contributed by atoms with Gasteiger partial charge >= 0.3 is 0 Å². The van der Waals surface area contributed by atoms with Crippen LogP contribution in [0.25, 0.3) is 11.3 Å². The molecular formula is C10H9FN2O2S. The van der Waals surface area contributed by atoms with Gasteiger partial charge in [-0.25, -0.2) is 4.39 Å². The van der Waals surface area contributed by atoms with Crippen LogP contribution in [-0.2, 0) is 0 Å². The number of phenolic OH excluding ortho intramolecular Hbond substituents is 1. The maximum Gasteiger partial charge on any atom is 0.222 e. The Morgan fingerprint density at radius 3 is 2.81 bits per heavy atom. The molecule has 0 spiro atoms. The first kappa shape index (κ1) is 10.8. The van der Waals surface area contributed by atoms with Gasteiger partial charge in [-0.05, 0) is 18.4 Å². The summed E-state index contributed by atoms with van der Waals surface area (Å²) in [6.07, 6.45) is 1.68. The van der Waals surface area contributed by atoms with Crippen LogP contribution in [0, 0.1) is 5.82 Å². The van der Waals surface area contributed by atoms with Gasteiger partial charge in [-0.3, -0.25) is 0 Å². The number of rotatable bonds is 2. The second-order valence-corrected chi connectivity index (χ2v) is 3.91. The standard InChI is InChI=1S/C10H9FN2O2S/c1-16-10-7(14)3-2-5(9(10)11)6-4-8(12)15-13-6/h2-4,14H,12H2,1H3. The number of phenols is 1. The number of benzene rings is 1. The van der Waals surface area contributed by atoms with Crippen LogP contribution in [0.4, 0.5) is 10.3 Å². The van der Waals surface area contributed by atoms with E-state index in [1.54, 1.807) is 6.26 Å². The van der Waals surface area contributed by atoms with Gasteiger partial charge in [-0.1, -0.05) is 5.16 Å². The summed E-state index contributed by atoms with van der Waals surface area (Å²) in [4.78, 5) is 0.180. The highest BCUT2D eigenvalue weighted by molar-refractivity contribution is 7.98. The lowest BCUT2D eigenvalue weighted by Gasteiger charge is -2.05. The number of thioether (sulfide) groups is 1. The van der Waals surface area contributed by atoms with Crippen molar-refractivity contribution in [1.29, 1.82) is 0 Å². The van der Waals surface area contributed by atoms with Gasteiger partial charge in [-0.15, -0.1) is 11.8 Å². The number of anilines is 1. The molecule has 0 radical (unpaired) electrons. The van der Waals surface area contributed by atoms with E-state index in [2.05, 4.69) is 9.68 Å². The van der Waals surface area contributed by atoms with Crippen LogP contribution in [0.5, 0.6) is 5.75 Å². The minimum absolute atomic E-state index is 0.0924. The quantitative estimate of drug-likeness (QED) is 0.789. The number of hydrogen-bond donors (Lipinski definition) is 2. The predicted molar refractivity (Wildman–Crippen MR) is 59.8 cm³/mol. The molecule has 0 aliphatic carbocycles. The fourth-order valence-electron chi connectivity index (χ4n) is 1.35. The van der Waals surface area contributed by atoms with Gasteiger partial charge in [0.05, 0.1) is 4.90 Å². The molecule has 3 N–H and O–H groups in total. The van der Waals surface area contributed by atoms with Crippen molar-refractivity contribution < 1.29 is 14.0 Å². The molecule has 16 heavy (non-hydrogen) atoms. The first-order valence-corrected chi connectivity index (χ1v) is 5.64. The third-order valence-corrected chi connectivity index (χ3v) is 2.88. The van der Waals surface area contributed by atoms with E-state index in [4.69, 9.17) is 5.73 Å². The van der Waals surface area contributed by atoms with Gasteiger partial charge in [0.15, 0.2) is 0 Å². The molecule has 0 saturated heterocycles. The van der Waals surface area contributed by atoms with Crippen LogP contribution < -0.4 is 5.73 Å². The predicted octanol–water partition coefficient (Wildman–Crippen LogP) is 2.49. The SMILES string of the molecule is CSc1c(O)ccc(-c2cc(N)on2)c1F. The smallest absolute Gasteiger partial charge is 0.222 e. The number of aromatic nitrogens is 1. The van der Waals surface area contributed by atoms with E-state index in [0.29, 0.717) is 5.69 Å². The largest absolute Gasteiger partial charge is 0.507 e. The Balaban J connectivity index is 2.58. The molecule has 0 bridgehead atoms. The summed E-state index contributed by atoms with van der Waals surface area (Å²) in [6, 6.07) is 4.27. The Morgan fingerprint density at radius 1 is 1.50 bits per heavy atom. The van der Waals surface area contributed by atoms with Gasteiger partial charge < -0.3 is 15.4 Å². The number of hydrogen-bond acceptors (Lipinski definition) is 5. The van der Waals surface area contributed by atoms with E-state index >= 15 is 0 Å². The van der Waals surface area contributed by atoms with Crippen LogP contribution in [0.2, 0.25) is 0 Å². The number of aromatic hydroxyl groups is 1. The van der Waals surface area contributed by atoms with Crippen LogP contribution in [0.3, 0.4) is 0 Å². The van der Waals surface area contributed by atoms with Gasteiger partial charge in [0.2, 0.25) is 5.88 Å². The van der Waals surface area contributed by atoms with Crippen molar-refractivity contribution in [3.05, 3.63) is 24.0 Å². The first-order chi connectivity index (χ1) is 7.63. The third kappa shape index (κ3) is 1.71. The lowest BCUT2D eigenvalue weighted by molar-refractivity contribution is 0.437. The highest BCUT2D eigenvalue weighted by Crippen LogP contribution is 2.35. The maximum absolute atomic E-state index is 13.9. The number of halogens is 1. The second kappa shape index (κ2) is 4.05. The van der Waals surface area contributed by atoms with Crippen molar-refractivity contribution in [2.45, 2.75) is 4.90 Å². The number of nitrogens with zero attached hydrogens (tertiary/aromatic N) is 1. The van der Waals surface area contributed by atoms with Crippen LogP contribution in [0.15, 0.2) is 27.6 Å². The van der Waals surface area contributed by atoms with E-state index in [0.717, 1.165) is 11.8 Å². The Hall–Kier alpha value is -1.69. The molecule has 0 amide bonds. The number of nitrogens with two attached hydrogens (primary N) is 1. The summed E-state index contributed by atoms with van der Waals surface area (Å²) in [7, 11) is 0. The van der Waals surface area contributed by atoms with E-state index in [-0.39, 0.29) is 22.1 Å². The lowest BCUT2D eigenvalue weighted by atomic mass is 10.1. The van der Waals surface area contributed by atoms with Crippen LogP contribution >= 0.6 is 11.8 Å². The molecule has 0 saturated carbocycles. The van der Waals surface area contributed by atoms with Crippen LogP contribution in [0.1, 0.15) is 0 Å². The Kier molecular flexibility index (Phi) is 2.74. The molecule has 6 heteroatoms. The maximum atomic E-state index is 13.9. The monoisotopic (exact) mass is 240 g/mol. The fourth-order valence-corrected chi connectivity index (χ4v) is 1.92. The molecule has 1 aromatic carbocycles. The zero-order valence-corrected chi connectivity index (χ0v) is 9.21. The Morgan fingerprint density at radius 2 is 2.25 bits per heavy atom. The minimum Gasteiger partial charge on any atom is -0.507 e. The molecular weight excluding hydrogens is 231 g/mol. The molecule has 1 aromatic heterocycles. The van der Waals surface area contributed by atoms with Crippen molar-refractivity contribution in [3.8, 4) is 17.0 Å². The molecule has 84 valence electrons. The Labute approximate surface area is 95.2 Å². The fraction of sp³-hybridized carbons (Fsp3) is 0.100. The molecule has 0 aliphatic rings. The topological polar surface area (TPSA) is 72.3 Å². The average molecular weight is 240 g/mol. The summed E-state index contributed by atoms with van der Waals surface area (Å²) in [5.74, 6) is -0.501. The molecule has 0 atom stereocenters. The van der Waals surface area contributed by atoms with E-state index in [9.17, 15) is 9.50 Å². The normalized spacial score (nSPS) is 10.6. The molecule has 1 heterocycles. The second-order valence-electron chi connectivity index (χ2n) is 3.09. The summed E-state index contributed by atoms with van der Waals surface area (Å²) < 4.78 is 18.6. The molecule has 2 aromatic rings. The summed E-state index contributed by atoms with van der Waals surface area (Å²) >= 11 is 1.12. The summed E-state index contributed by atoms with van der Waals surface area (Å²) in [5.41, 5.74) is 5.92. The van der Waals surface area contributed by atoms with Gasteiger partial charge in [0.1, 0.15) is 17.3 Å². The van der Waals surface area contributed by atoms with Crippen molar-refractivity contribution >= 4 is 17.6 Å². The zero-order chi connectivity index (χ0) is 11.7. The van der Waals surface area contributed by atoms with Gasteiger partial charge in [0.25, 0.3) is 0 Å². The third-order valence-electron chi connectivity index (χ3n) is 2.08. The molecule has 0 aliphatic heterocycles. The van der Waals surface area contributed by atoms with E-state index < -0.39 is 5.82 Å². The Bertz CT molecular complexity index is 528. The first-order valence-electron chi connectivity index (χ1n) is 4.41. The lowest BCUT2D eigenvalue weighted by Crippen LogP contribution is -1.88. The van der Waals surface area contributed by atoms with Gasteiger partial charge in [0, 0.05) is 11.6 Å². The minimum atomic E-state index is -0.527. The van der Waals surface area contributed by atoms with E-state index in [1.807, 2.05) is 0 Å². The highest BCUT2D eigenvalue weighted by atomic mass is 32.2. The highest BCUT2D eigenvalue weighted by Gasteiger charge is 2.16. The molecule has 2 rings (SSSR count). The van der Waals surface area contributed by atoms with Crippen molar-refractivity contribution in [2.75, 3.05) is 12.0 Å². The summed E-state index contributed by atoms with van der Waals surface area (Å²) in [6.45, 7) is 0. The average Bonchev–Trinajstić information content (AvgIpc) is 2.65. The van der Waals surface area contributed by atoms with Gasteiger partial charge in [-0.2, -0.15) is 0 Å². The van der Waals surface area contributed by atoms with E-state index in [1.165, 1.54) is 18.2 Å². The molecule has 0 unspecified atom stereocenters. The van der Waals surface area contributed by atoms with Crippen LogP contribution in [-0.4, -0.2) is 16.5 Å².